The highest BCUT2D eigenvalue weighted by Gasteiger charge is 2.21. The summed E-state index contributed by atoms with van der Waals surface area (Å²) in [5.41, 5.74) is 12.0. The van der Waals surface area contributed by atoms with Gasteiger partial charge in [0.2, 0.25) is 0 Å². The summed E-state index contributed by atoms with van der Waals surface area (Å²) >= 11 is 0. The first-order chi connectivity index (χ1) is 25.7. The van der Waals surface area contributed by atoms with Gasteiger partial charge in [0.25, 0.3) is 0 Å². The van der Waals surface area contributed by atoms with Crippen molar-refractivity contribution in [1.29, 1.82) is 0 Å². The van der Waals surface area contributed by atoms with Crippen molar-refractivity contribution in [2.24, 2.45) is 0 Å². The number of rotatable bonds is 6. The molecule has 10 rings (SSSR count). The number of aromatic nitrogens is 1. The van der Waals surface area contributed by atoms with E-state index < -0.39 is 0 Å². The van der Waals surface area contributed by atoms with E-state index in [4.69, 9.17) is 4.42 Å². The molecule has 0 bridgehead atoms. The summed E-state index contributed by atoms with van der Waals surface area (Å²) in [5.74, 6) is -0.255. The van der Waals surface area contributed by atoms with Gasteiger partial charge >= 0.3 is 0 Å². The molecule has 4 heteroatoms. The SMILES string of the molecule is Fc1ccc2c3ccccc3n(-c3ccccc3-c3ccc(N(c4ccc(-c5ccccc5)cc4)c4cccc5c4oc4ccccc45)cc3)c2c1. The second kappa shape index (κ2) is 12.1. The molecular weight excluding hydrogens is 640 g/mol. The van der Waals surface area contributed by atoms with E-state index in [9.17, 15) is 4.39 Å². The molecule has 0 saturated heterocycles. The van der Waals surface area contributed by atoms with Crippen molar-refractivity contribution in [2.45, 2.75) is 0 Å². The molecule has 52 heavy (non-hydrogen) atoms. The van der Waals surface area contributed by atoms with Crippen molar-refractivity contribution in [3.63, 3.8) is 0 Å². The summed E-state index contributed by atoms with van der Waals surface area (Å²) in [4.78, 5) is 2.27. The molecule has 2 aromatic heterocycles. The van der Waals surface area contributed by atoms with Gasteiger partial charge in [0.1, 0.15) is 11.4 Å². The van der Waals surface area contributed by atoms with Gasteiger partial charge in [-0.1, -0.05) is 121 Å². The molecule has 0 atom stereocenters. The van der Waals surface area contributed by atoms with E-state index in [1.54, 1.807) is 6.07 Å². The van der Waals surface area contributed by atoms with Crippen LogP contribution < -0.4 is 4.90 Å². The summed E-state index contributed by atoms with van der Waals surface area (Å²) in [7, 11) is 0. The zero-order chi connectivity index (χ0) is 34.6. The van der Waals surface area contributed by atoms with E-state index in [1.807, 2.05) is 42.5 Å². The topological polar surface area (TPSA) is 21.3 Å². The Morgan fingerprint density at radius 2 is 1.06 bits per heavy atom. The van der Waals surface area contributed by atoms with Gasteiger partial charge in [0.15, 0.2) is 5.58 Å². The molecule has 8 aromatic carbocycles. The first-order valence-corrected chi connectivity index (χ1v) is 17.5. The van der Waals surface area contributed by atoms with Gasteiger partial charge in [-0.3, -0.25) is 0 Å². The van der Waals surface area contributed by atoms with Crippen LogP contribution in [0.3, 0.4) is 0 Å². The Labute approximate surface area is 300 Å². The lowest BCUT2D eigenvalue weighted by Crippen LogP contribution is -2.10. The molecule has 0 radical (unpaired) electrons. The predicted octanol–water partition coefficient (Wildman–Crippen LogP) is 13.6. The monoisotopic (exact) mass is 670 g/mol. The largest absolute Gasteiger partial charge is 0.454 e. The molecule has 246 valence electrons. The number of anilines is 3. The van der Waals surface area contributed by atoms with E-state index in [0.29, 0.717) is 0 Å². The van der Waals surface area contributed by atoms with Crippen LogP contribution in [0.5, 0.6) is 0 Å². The van der Waals surface area contributed by atoms with Gasteiger partial charge in [-0.2, -0.15) is 0 Å². The Kier molecular flexibility index (Phi) is 7.00. The van der Waals surface area contributed by atoms with Crippen LogP contribution in [-0.2, 0) is 0 Å². The minimum atomic E-state index is -0.255. The van der Waals surface area contributed by atoms with E-state index >= 15 is 0 Å². The highest BCUT2D eigenvalue weighted by atomic mass is 19.1. The maximum atomic E-state index is 14.7. The molecule has 10 aromatic rings. The number of furan rings is 1. The average molecular weight is 671 g/mol. The molecule has 2 heterocycles. The summed E-state index contributed by atoms with van der Waals surface area (Å²) in [5, 5.41) is 4.29. The highest BCUT2D eigenvalue weighted by molar-refractivity contribution is 6.11. The van der Waals surface area contributed by atoms with Gasteiger partial charge in [0.05, 0.1) is 22.4 Å². The Hall–Kier alpha value is -6.91. The van der Waals surface area contributed by atoms with Crippen molar-refractivity contribution in [3.05, 3.63) is 194 Å². The molecular formula is C48H31FN2O. The second-order valence-electron chi connectivity index (χ2n) is 13.1. The molecule has 0 aliphatic heterocycles. The Morgan fingerprint density at radius 1 is 0.442 bits per heavy atom. The standard InChI is InChI=1S/C48H31FN2O/c49-35-25-30-40-39-14-5-8-18-44(39)51(46(40)31-35)43-17-7-4-13-38(43)34-23-28-37(29-24-34)50(36-26-21-33(22-27-36)32-11-2-1-3-12-32)45-19-10-16-42-41-15-6-9-20-47(41)52-48(42)45/h1-31H. The Morgan fingerprint density at radius 3 is 1.87 bits per heavy atom. The fraction of sp³-hybridized carbons (Fsp3) is 0. The number of hydrogen-bond donors (Lipinski definition) is 0. The lowest BCUT2D eigenvalue weighted by molar-refractivity contribution is 0.629. The lowest BCUT2D eigenvalue weighted by Gasteiger charge is -2.26. The third kappa shape index (κ3) is 4.88. The third-order valence-corrected chi connectivity index (χ3v) is 10.1. The third-order valence-electron chi connectivity index (χ3n) is 10.1. The average Bonchev–Trinajstić information content (AvgIpc) is 3.75. The summed E-state index contributed by atoms with van der Waals surface area (Å²) in [6.45, 7) is 0. The van der Waals surface area contributed by atoms with Gasteiger partial charge < -0.3 is 13.9 Å². The van der Waals surface area contributed by atoms with Crippen molar-refractivity contribution < 1.29 is 8.81 Å². The van der Waals surface area contributed by atoms with Crippen LogP contribution in [0, 0.1) is 5.82 Å². The quantitative estimate of drug-likeness (QED) is 0.176. The van der Waals surface area contributed by atoms with Crippen molar-refractivity contribution in [1.82, 2.24) is 4.57 Å². The number of nitrogens with zero attached hydrogens (tertiary/aromatic N) is 2. The highest BCUT2D eigenvalue weighted by Crippen LogP contribution is 2.43. The normalized spacial score (nSPS) is 11.6. The van der Waals surface area contributed by atoms with Crippen molar-refractivity contribution in [2.75, 3.05) is 4.90 Å². The number of hydrogen-bond acceptors (Lipinski definition) is 2. The van der Waals surface area contributed by atoms with Crippen molar-refractivity contribution >= 4 is 60.8 Å². The van der Waals surface area contributed by atoms with Crippen LogP contribution in [0.25, 0.3) is 71.7 Å². The van der Waals surface area contributed by atoms with Gasteiger partial charge in [-0.25, -0.2) is 4.39 Å². The molecule has 3 nitrogen and oxygen atoms in total. The minimum Gasteiger partial charge on any atom is -0.454 e. The fourth-order valence-electron chi connectivity index (χ4n) is 7.68. The Bertz CT molecular complexity index is 2900. The Balaban J connectivity index is 1.12. The maximum Gasteiger partial charge on any atom is 0.159 e. The van der Waals surface area contributed by atoms with E-state index in [-0.39, 0.29) is 5.82 Å². The molecule has 0 saturated carbocycles. The van der Waals surface area contributed by atoms with Crippen LogP contribution in [0.4, 0.5) is 21.5 Å². The fourth-order valence-corrected chi connectivity index (χ4v) is 7.68. The number of fused-ring (bicyclic) bond motifs is 6. The molecule has 0 N–H and O–H groups in total. The second-order valence-corrected chi connectivity index (χ2v) is 13.1. The van der Waals surface area contributed by atoms with Crippen LogP contribution in [-0.4, -0.2) is 4.57 Å². The van der Waals surface area contributed by atoms with Gasteiger partial charge in [-0.05, 0) is 83.4 Å². The van der Waals surface area contributed by atoms with Crippen LogP contribution in [0.2, 0.25) is 0 Å². The minimum absolute atomic E-state index is 0.255. The van der Waals surface area contributed by atoms with E-state index in [1.165, 1.54) is 11.6 Å². The van der Waals surface area contributed by atoms with Crippen molar-refractivity contribution in [3.8, 4) is 27.9 Å². The number of para-hydroxylation sites is 4. The van der Waals surface area contributed by atoms with Crippen LogP contribution in [0.1, 0.15) is 0 Å². The van der Waals surface area contributed by atoms with E-state index in [0.717, 1.165) is 83.2 Å². The summed E-state index contributed by atoms with van der Waals surface area (Å²) < 4.78 is 23.5. The lowest BCUT2D eigenvalue weighted by atomic mass is 10.0. The molecule has 0 aliphatic carbocycles. The maximum absolute atomic E-state index is 14.7. The molecule has 0 unspecified atom stereocenters. The van der Waals surface area contributed by atoms with Gasteiger partial charge in [0, 0.05) is 38.5 Å². The summed E-state index contributed by atoms with van der Waals surface area (Å²) in [6, 6.07) is 64.1. The zero-order valence-electron chi connectivity index (χ0n) is 28.1. The molecule has 0 amide bonds. The molecule has 0 spiro atoms. The molecule has 0 aliphatic rings. The predicted molar refractivity (Wildman–Crippen MR) is 214 cm³/mol. The molecule has 0 fully saturated rings. The number of benzene rings is 8. The first-order valence-electron chi connectivity index (χ1n) is 17.5. The first kappa shape index (κ1) is 30.0. The van der Waals surface area contributed by atoms with Gasteiger partial charge in [-0.15, -0.1) is 0 Å². The number of halogens is 1. The van der Waals surface area contributed by atoms with Crippen LogP contribution >= 0.6 is 0 Å². The van der Waals surface area contributed by atoms with E-state index in [2.05, 4.69) is 143 Å². The smallest absolute Gasteiger partial charge is 0.159 e. The zero-order valence-corrected chi connectivity index (χ0v) is 28.1. The summed E-state index contributed by atoms with van der Waals surface area (Å²) in [6.07, 6.45) is 0. The van der Waals surface area contributed by atoms with Crippen LogP contribution in [0.15, 0.2) is 192 Å².